The molecule has 1 fully saturated rings. The first-order valence-electron chi connectivity index (χ1n) is 6.71. The van der Waals surface area contributed by atoms with Gasteiger partial charge in [0, 0.05) is 24.6 Å². The minimum atomic E-state index is -0.104. The minimum absolute atomic E-state index is 0.0305. The summed E-state index contributed by atoms with van der Waals surface area (Å²) in [6.07, 6.45) is 1.53. The summed E-state index contributed by atoms with van der Waals surface area (Å²) in [5.41, 5.74) is 6.88. The molecule has 1 aliphatic heterocycles. The number of nitrogens with two attached hydrogens (primary N) is 1. The molecule has 2 rings (SSSR count). The van der Waals surface area contributed by atoms with Crippen LogP contribution >= 0.6 is 0 Å². The van der Waals surface area contributed by atoms with E-state index in [2.05, 4.69) is 15.8 Å². The van der Waals surface area contributed by atoms with E-state index in [0.29, 0.717) is 18.5 Å². The molecule has 2 amide bonds. The maximum Gasteiger partial charge on any atom is 0.224 e. The van der Waals surface area contributed by atoms with Gasteiger partial charge in [-0.3, -0.25) is 9.59 Å². The lowest BCUT2D eigenvalue weighted by Gasteiger charge is -2.11. The van der Waals surface area contributed by atoms with Gasteiger partial charge in [-0.1, -0.05) is 29.4 Å². The van der Waals surface area contributed by atoms with Crippen molar-refractivity contribution in [2.75, 3.05) is 6.54 Å². The molecule has 0 spiro atoms. The second-order valence-electron chi connectivity index (χ2n) is 4.97. The number of nitrogens with zero attached hydrogens (tertiary/aromatic N) is 1. The number of hydrogen-bond acceptors (Lipinski definition) is 4. The Morgan fingerprint density at radius 1 is 1.43 bits per heavy atom. The molecule has 0 saturated carbocycles. The van der Waals surface area contributed by atoms with Crippen molar-refractivity contribution >= 4 is 17.6 Å². The van der Waals surface area contributed by atoms with Crippen molar-refractivity contribution in [3.8, 4) is 0 Å². The molecule has 1 saturated heterocycles. The normalized spacial score (nSPS) is 18.4. The number of nitrogens with one attached hydrogen (secondary N) is 2. The van der Waals surface area contributed by atoms with Gasteiger partial charge in [0.05, 0.1) is 6.42 Å². The monoisotopic (exact) mass is 290 g/mol. The number of amidine groups is 1. The number of benzene rings is 1. The molecule has 0 radical (unpaired) electrons. The van der Waals surface area contributed by atoms with Crippen LogP contribution in [0.2, 0.25) is 0 Å². The summed E-state index contributed by atoms with van der Waals surface area (Å²) in [7, 11) is 0. The van der Waals surface area contributed by atoms with Crippen molar-refractivity contribution < 1.29 is 14.8 Å². The Hall–Kier alpha value is -2.57. The largest absolute Gasteiger partial charge is 0.409 e. The molecule has 1 aliphatic rings. The zero-order chi connectivity index (χ0) is 15.2. The molecule has 1 atom stereocenters. The van der Waals surface area contributed by atoms with Crippen molar-refractivity contribution in [1.82, 2.24) is 10.6 Å². The second-order valence-corrected chi connectivity index (χ2v) is 4.97. The van der Waals surface area contributed by atoms with E-state index in [-0.39, 0.29) is 30.1 Å². The smallest absolute Gasteiger partial charge is 0.224 e. The summed E-state index contributed by atoms with van der Waals surface area (Å²) >= 11 is 0. The average Bonchev–Trinajstić information content (AvgIpc) is 2.91. The van der Waals surface area contributed by atoms with E-state index in [9.17, 15) is 9.59 Å². The fourth-order valence-corrected chi connectivity index (χ4v) is 2.17. The van der Waals surface area contributed by atoms with Crippen LogP contribution in [0.4, 0.5) is 0 Å². The van der Waals surface area contributed by atoms with Gasteiger partial charge in [-0.25, -0.2) is 0 Å². The highest BCUT2D eigenvalue weighted by atomic mass is 16.4. The Kier molecular flexibility index (Phi) is 4.76. The molecule has 112 valence electrons. The second kappa shape index (κ2) is 6.74. The summed E-state index contributed by atoms with van der Waals surface area (Å²) in [6, 6.07) is 6.92. The maximum absolute atomic E-state index is 11.8. The van der Waals surface area contributed by atoms with Gasteiger partial charge < -0.3 is 21.6 Å². The van der Waals surface area contributed by atoms with Crippen molar-refractivity contribution in [3.63, 3.8) is 0 Å². The number of hydrogen-bond donors (Lipinski definition) is 4. The molecular weight excluding hydrogens is 272 g/mol. The highest BCUT2D eigenvalue weighted by Crippen LogP contribution is 2.07. The van der Waals surface area contributed by atoms with Crippen molar-refractivity contribution in [1.29, 1.82) is 0 Å². The third kappa shape index (κ3) is 4.20. The van der Waals surface area contributed by atoms with E-state index in [4.69, 9.17) is 10.9 Å². The van der Waals surface area contributed by atoms with Crippen molar-refractivity contribution in [2.24, 2.45) is 10.9 Å². The van der Waals surface area contributed by atoms with E-state index in [1.54, 1.807) is 24.3 Å². The van der Waals surface area contributed by atoms with E-state index in [0.717, 1.165) is 12.0 Å². The third-order valence-electron chi connectivity index (χ3n) is 3.35. The molecule has 1 aromatic carbocycles. The summed E-state index contributed by atoms with van der Waals surface area (Å²) in [6.45, 7) is 0.451. The Morgan fingerprint density at radius 3 is 2.71 bits per heavy atom. The van der Waals surface area contributed by atoms with E-state index < -0.39 is 0 Å². The van der Waals surface area contributed by atoms with Gasteiger partial charge in [0.2, 0.25) is 11.8 Å². The summed E-state index contributed by atoms with van der Waals surface area (Å²) in [5, 5.41) is 17.1. The fourth-order valence-electron chi connectivity index (χ4n) is 2.17. The van der Waals surface area contributed by atoms with Gasteiger partial charge in [-0.15, -0.1) is 0 Å². The number of carbonyl (C=O) groups excluding carboxylic acids is 2. The van der Waals surface area contributed by atoms with E-state index >= 15 is 0 Å². The molecule has 7 nitrogen and oxygen atoms in total. The molecule has 0 aliphatic carbocycles. The molecular formula is C14H18N4O3. The zero-order valence-corrected chi connectivity index (χ0v) is 11.5. The van der Waals surface area contributed by atoms with Crippen LogP contribution in [0.25, 0.3) is 0 Å². The summed E-state index contributed by atoms with van der Waals surface area (Å²) in [5.74, 6) is -0.0383. The Balaban J connectivity index is 1.81. The number of rotatable bonds is 5. The van der Waals surface area contributed by atoms with E-state index in [1.807, 2.05) is 0 Å². The van der Waals surface area contributed by atoms with Crippen LogP contribution in [0.15, 0.2) is 29.4 Å². The molecule has 7 heteroatoms. The van der Waals surface area contributed by atoms with Gasteiger partial charge in [0.25, 0.3) is 0 Å². The first kappa shape index (κ1) is 14.8. The van der Waals surface area contributed by atoms with E-state index in [1.165, 1.54) is 0 Å². The standard InChI is InChI=1S/C14H18N4O3/c15-14(18-21)10-3-1-9(2-4-10)7-13(20)16-8-11-5-6-12(19)17-11/h1-4,11,21H,5-8H2,(H2,15,18)(H,16,20)(H,17,19). The first-order chi connectivity index (χ1) is 10.1. The molecule has 21 heavy (non-hydrogen) atoms. The fraction of sp³-hybridized carbons (Fsp3) is 0.357. The number of carbonyl (C=O) groups is 2. The number of oxime groups is 1. The van der Waals surface area contributed by atoms with Gasteiger partial charge in [0.15, 0.2) is 5.84 Å². The molecule has 1 unspecified atom stereocenters. The van der Waals surface area contributed by atoms with Gasteiger partial charge >= 0.3 is 0 Å². The highest BCUT2D eigenvalue weighted by molar-refractivity contribution is 5.97. The minimum Gasteiger partial charge on any atom is -0.409 e. The Labute approximate surface area is 122 Å². The van der Waals surface area contributed by atoms with Gasteiger partial charge in [-0.2, -0.15) is 0 Å². The first-order valence-corrected chi connectivity index (χ1v) is 6.71. The molecule has 1 aromatic rings. The van der Waals surface area contributed by atoms with Crippen LogP contribution < -0.4 is 16.4 Å². The predicted octanol–water partition coefficient (Wildman–Crippen LogP) is -0.282. The SMILES string of the molecule is NC(=NO)c1ccc(CC(=O)NCC2CCC(=O)N2)cc1. The van der Waals surface area contributed by atoms with Crippen LogP contribution in [0, 0.1) is 0 Å². The average molecular weight is 290 g/mol. The van der Waals surface area contributed by atoms with Crippen LogP contribution in [0.3, 0.4) is 0 Å². The molecule has 1 heterocycles. The maximum atomic E-state index is 11.8. The lowest BCUT2D eigenvalue weighted by Crippen LogP contribution is -2.38. The number of amides is 2. The van der Waals surface area contributed by atoms with Gasteiger partial charge in [-0.05, 0) is 12.0 Å². The lowest BCUT2D eigenvalue weighted by atomic mass is 10.1. The lowest BCUT2D eigenvalue weighted by molar-refractivity contribution is -0.121. The van der Waals surface area contributed by atoms with Crippen LogP contribution in [-0.2, 0) is 16.0 Å². The Bertz CT molecular complexity index is 554. The quantitative estimate of drug-likeness (QED) is 0.258. The predicted molar refractivity (Wildman–Crippen MR) is 76.8 cm³/mol. The van der Waals surface area contributed by atoms with Crippen LogP contribution in [0.1, 0.15) is 24.0 Å². The summed E-state index contributed by atoms with van der Waals surface area (Å²) in [4.78, 5) is 22.9. The third-order valence-corrected chi connectivity index (χ3v) is 3.35. The van der Waals surface area contributed by atoms with Crippen molar-refractivity contribution in [3.05, 3.63) is 35.4 Å². The van der Waals surface area contributed by atoms with Gasteiger partial charge in [0.1, 0.15) is 0 Å². The topological polar surface area (TPSA) is 117 Å². The highest BCUT2D eigenvalue weighted by Gasteiger charge is 2.20. The zero-order valence-electron chi connectivity index (χ0n) is 11.5. The summed E-state index contributed by atoms with van der Waals surface area (Å²) < 4.78 is 0. The van der Waals surface area contributed by atoms with Crippen LogP contribution in [0.5, 0.6) is 0 Å². The Morgan fingerprint density at radius 2 is 2.14 bits per heavy atom. The molecule has 0 bridgehead atoms. The molecule has 5 N–H and O–H groups in total. The van der Waals surface area contributed by atoms with Crippen molar-refractivity contribution in [2.45, 2.75) is 25.3 Å². The van der Waals surface area contributed by atoms with Crippen LogP contribution in [-0.4, -0.2) is 35.4 Å². The molecule has 0 aromatic heterocycles.